The number of hydrogen-bond acceptors (Lipinski definition) is 4. The number of carbonyl (C=O) groups excluding carboxylic acids is 1. The van der Waals surface area contributed by atoms with Crippen LogP contribution < -0.4 is 9.47 Å². The maximum Gasteiger partial charge on any atom is 0.341 e. The maximum absolute atomic E-state index is 12.3. The fraction of sp³-hybridized carbons (Fsp3) is 0.111. The molecule has 25 heavy (non-hydrogen) atoms. The first-order valence-corrected chi connectivity index (χ1v) is 7.87. The van der Waals surface area contributed by atoms with Crippen LogP contribution in [0, 0.1) is 0 Å². The standard InChI is InChI=1S/C18H14Cl2O5/c1-24-16-9-12(6-8-15(16)25-10-17(22)23)14(21)7-5-11-3-2-4-13(19)18(11)20/h2-9H,10H2,1H3,(H,22,23). The summed E-state index contributed by atoms with van der Waals surface area (Å²) in [7, 11) is 1.40. The van der Waals surface area contributed by atoms with E-state index in [0.29, 0.717) is 21.2 Å². The number of aliphatic carboxylic acids is 1. The van der Waals surface area contributed by atoms with Gasteiger partial charge in [-0.05, 0) is 42.0 Å². The predicted molar refractivity (Wildman–Crippen MR) is 96.0 cm³/mol. The second-order valence-electron chi connectivity index (χ2n) is 4.89. The zero-order chi connectivity index (χ0) is 18.4. The van der Waals surface area contributed by atoms with Crippen LogP contribution in [0.5, 0.6) is 11.5 Å². The van der Waals surface area contributed by atoms with Crippen LogP contribution in [0.3, 0.4) is 0 Å². The first kappa shape index (κ1) is 18.8. The zero-order valence-electron chi connectivity index (χ0n) is 13.2. The second-order valence-corrected chi connectivity index (χ2v) is 5.67. The lowest BCUT2D eigenvalue weighted by Crippen LogP contribution is -2.10. The Bertz CT molecular complexity index is 830. The van der Waals surface area contributed by atoms with Gasteiger partial charge in [-0.3, -0.25) is 4.79 Å². The van der Waals surface area contributed by atoms with Crippen LogP contribution in [-0.2, 0) is 4.79 Å². The van der Waals surface area contributed by atoms with Gasteiger partial charge in [0.25, 0.3) is 0 Å². The van der Waals surface area contributed by atoms with Crippen molar-refractivity contribution in [3.05, 3.63) is 63.6 Å². The highest BCUT2D eigenvalue weighted by Gasteiger charge is 2.11. The summed E-state index contributed by atoms with van der Waals surface area (Å²) in [4.78, 5) is 22.9. The predicted octanol–water partition coefficient (Wildman–Crippen LogP) is 4.36. The van der Waals surface area contributed by atoms with E-state index in [1.54, 1.807) is 24.3 Å². The Balaban J connectivity index is 2.20. The van der Waals surface area contributed by atoms with Crippen LogP contribution in [0.4, 0.5) is 0 Å². The van der Waals surface area contributed by atoms with Gasteiger partial charge in [-0.25, -0.2) is 4.79 Å². The molecule has 5 nitrogen and oxygen atoms in total. The largest absolute Gasteiger partial charge is 0.493 e. The van der Waals surface area contributed by atoms with Crippen molar-refractivity contribution in [3.63, 3.8) is 0 Å². The van der Waals surface area contributed by atoms with Crippen LogP contribution in [0.1, 0.15) is 15.9 Å². The van der Waals surface area contributed by atoms with Gasteiger partial charge in [0.05, 0.1) is 17.2 Å². The molecule has 0 atom stereocenters. The number of benzene rings is 2. The minimum atomic E-state index is -1.11. The monoisotopic (exact) mass is 380 g/mol. The first-order valence-electron chi connectivity index (χ1n) is 7.11. The van der Waals surface area contributed by atoms with E-state index in [0.717, 1.165) is 0 Å². The Morgan fingerprint density at radius 1 is 1.16 bits per heavy atom. The molecule has 2 rings (SSSR count). The zero-order valence-corrected chi connectivity index (χ0v) is 14.7. The molecule has 0 spiro atoms. The Morgan fingerprint density at radius 3 is 2.60 bits per heavy atom. The molecule has 1 N–H and O–H groups in total. The molecule has 130 valence electrons. The Morgan fingerprint density at radius 2 is 1.92 bits per heavy atom. The number of ether oxygens (including phenoxy) is 2. The number of methoxy groups -OCH3 is 1. The number of carboxylic acid groups (broad SMARTS) is 1. The second kappa shape index (κ2) is 8.55. The molecule has 0 aromatic heterocycles. The van der Waals surface area contributed by atoms with Gasteiger partial charge in [-0.2, -0.15) is 0 Å². The number of allylic oxidation sites excluding steroid dienone is 1. The van der Waals surface area contributed by atoms with Crippen molar-refractivity contribution in [1.29, 1.82) is 0 Å². The van der Waals surface area contributed by atoms with Gasteiger partial charge in [0.2, 0.25) is 0 Å². The molecular weight excluding hydrogens is 367 g/mol. The summed E-state index contributed by atoms with van der Waals surface area (Å²) in [6.07, 6.45) is 2.93. The van der Waals surface area contributed by atoms with E-state index in [-0.39, 0.29) is 17.3 Å². The maximum atomic E-state index is 12.3. The summed E-state index contributed by atoms with van der Waals surface area (Å²) in [6, 6.07) is 9.60. The van der Waals surface area contributed by atoms with Crippen molar-refractivity contribution < 1.29 is 24.2 Å². The van der Waals surface area contributed by atoms with E-state index in [9.17, 15) is 9.59 Å². The summed E-state index contributed by atoms with van der Waals surface area (Å²) in [5.41, 5.74) is 0.977. The third-order valence-corrected chi connectivity index (χ3v) is 4.03. The SMILES string of the molecule is COc1cc(C(=O)C=Cc2cccc(Cl)c2Cl)ccc1OCC(=O)O. The summed E-state index contributed by atoms with van der Waals surface area (Å²) in [5.74, 6) is -0.882. The number of halogens is 2. The lowest BCUT2D eigenvalue weighted by molar-refractivity contribution is -0.139. The van der Waals surface area contributed by atoms with E-state index in [1.807, 2.05) is 0 Å². The molecule has 0 aliphatic rings. The van der Waals surface area contributed by atoms with Crippen LogP contribution >= 0.6 is 23.2 Å². The molecule has 0 saturated heterocycles. The third kappa shape index (κ3) is 4.98. The molecule has 0 aliphatic carbocycles. The van der Waals surface area contributed by atoms with Crippen molar-refractivity contribution >= 4 is 41.0 Å². The summed E-state index contributed by atoms with van der Waals surface area (Å²) < 4.78 is 10.2. The molecule has 0 aliphatic heterocycles. The van der Waals surface area contributed by atoms with Crippen LogP contribution in [-0.4, -0.2) is 30.6 Å². The fourth-order valence-corrected chi connectivity index (χ4v) is 2.36. The highest BCUT2D eigenvalue weighted by molar-refractivity contribution is 6.42. The van der Waals surface area contributed by atoms with Crippen molar-refractivity contribution in [2.75, 3.05) is 13.7 Å². The fourth-order valence-electron chi connectivity index (χ4n) is 1.99. The minimum absolute atomic E-state index is 0.239. The normalized spacial score (nSPS) is 10.7. The van der Waals surface area contributed by atoms with E-state index in [2.05, 4.69) is 0 Å². The third-order valence-electron chi connectivity index (χ3n) is 3.20. The molecule has 0 saturated carbocycles. The smallest absolute Gasteiger partial charge is 0.341 e. The average molecular weight is 381 g/mol. The van der Waals surface area contributed by atoms with E-state index >= 15 is 0 Å². The van der Waals surface area contributed by atoms with Gasteiger partial charge < -0.3 is 14.6 Å². The molecule has 0 bridgehead atoms. The topological polar surface area (TPSA) is 72.8 Å². The number of hydrogen-bond donors (Lipinski definition) is 1. The molecule has 2 aromatic rings. The van der Waals surface area contributed by atoms with Crippen molar-refractivity contribution in [1.82, 2.24) is 0 Å². The van der Waals surface area contributed by atoms with Gasteiger partial charge in [0.15, 0.2) is 23.9 Å². The van der Waals surface area contributed by atoms with Gasteiger partial charge in [0, 0.05) is 5.56 Å². The molecule has 2 aromatic carbocycles. The van der Waals surface area contributed by atoms with Crippen LogP contribution in [0.2, 0.25) is 10.0 Å². The Labute approximate surface area is 154 Å². The Kier molecular flexibility index (Phi) is 6.44. The number of carbonyl (C=O) groups is 2. The van der Waals surface area contributed by atoms with E-state index in [4.69, 9.17) is 37.8 Å². The highest BCUT2D eigenvalue weighted by Crippen LogP contribution is 2.29. The first-order chi connectivity index (χ1) is 11.9. The van der Waals surface area contributed by atoms with E-state index in [1.165, 1.54) is 31.4 Å². The molecule has 7 heteroatoms. The highest BCUT2D eigenvalue weighted by atomic mass is 35.5. The number of ketones is 1. The van der Waals surface area contributed by atoms with Gasteiger partial charge in [0.1, 0.15) is 0 Å². The summed E-state index contributed by atoms with van der Waals surface area (Å²) in [5, 5.41) is 9.42. The number of rotatable bonds is 7. The van der Waals surface area contributed by atoms with Crippen molar-refractivity contribution in [3.8, 4) is 11.5 Å². The lowest BCUT2D eigenvalue weighted by Gasteiger charge is -2.10. The van der Waals surface area contributed by atoms with Crippen LogP contribution in [0.15, 0.2) is 42.5 Å². The minimum Gasteiger partial charge on any atom is -0.493 e. The average Bonchev–Trinajstić information content (AvgIpc) is 2.60. The van der Waals surface area contributed by atoms with Gasteiger partial charge >= 0.3 is 5.97 Å². The quantitative estimate of drug-likeness (QED) is 0.570. The van der Waals surface area contributed by atoms with Crippen LogP contribution in [0.25, 0.3) is 6.08 Å². The molecule has 0 heterocycles. The van der Waals surface area contributed by atoms with E-state index < -0.39 is 12.6 Å². The molecule has 0 amide bonds. The van der Waals surface area contributed by atoms with Gasteiger partial charge in [-0.15, -0.1) is 0 Å². The van der Waals surface area contributed by atoms with Gasteiger partial charge in [-0.1, -0.05) is 35.3 Å². The summed E-state index contributed by atoms with van der Waals surface area (Å²) >= 11 is 12.0. The number of carboxylic acids is 1. The van der Waals surface area contributed by atoms with Crippen molar-refractivity contribution in [2.24, 2.45) is 0 Å². The molecular formula is C18H14Cl2O5. The molecule has 0 radical (unpaired) electrons. The molecule has 0 fully saturated rings. The summed E-state index contributed by atoms with van der Waals surface area (Å²) in [6.45, 7) is -0.503. The lowest BCUT2D eigenvalue weighted by atomic mass is 10.1. The Hall–Kier alpha value is -2.50. The van der Waals surface area contributed by atoms with Crippen molar-refractivity contribution in [2.45, 2.75) is 0 Å². The molecule has 0 unspecified atom stereocenters.